The van der Waals surface area contributed by atoms with Gasteiger partial charge in [-0.05, 0) is 43.3 Å². The van der Waals surface area contributed by atoms with Crippen LogP contribution in [0.4, 0.5) is 16.2 Å². The van der Waals surface area contributed by atoms with E-state index in [4.69, 9.17) is 33.7 Å². The predicted molar refractivity (Wildman–Crippen MR) is 99.6 cm³/mol. The van der Waals surface area contributed by atoms with E-state index in [-0.39, 0.29) is 10.6 Å². The fourth-order valence-electron chi connectivity index (χ4n) is 1.95. The smallest absolute Gasteiger partial charge is 0.338 e. The number of ether oxygens (including phenoxy) is 1. The van der Waals surface area contributed by atoms with Gasteiger partial charge in [0.15, 0.2) is 6.10 Å². The maximum absolute atomic E-state index is 12.2. The van der Waals surface area contributed by atoms with Crippen LogP contribution in [0.5, 0.6) is 0 Å². The number of nitrogens with one attached hydrogen (secondary N) is 2. The van der Waals surface area contributed by atoms with Crippen molar-refractivity contribution >= 4 is 52.5 Å². The quantitative estimate of drug-likeness (QED) is 0.670. The molecule has 0 saturated carbocycles. The van der Waals surface area contributed by atoms with Crippen molar-refractivity contribution in [2.75, 3.05) is 10.6 Å². The summed E-state index contributed by atoms with van der Waals surface area (Å²) in [6.45, 7) is 1.43. The zero-order valence-electron chi connectivity index (χ0n) is 13.6. The first-order valence-electron chi connectivity index (χ1n) is 7.40. The van der Waals surface area contributed by atoms with Crippen LogP contribution in [0.15, 0.2) is 42.5 Å². The van der Waals surface area contributed by atoms with Crippen LogP contribution in [0.25, 0.3) is 0 Å². The van der Waals surface area contributed by atoms with Crippen LogP contribution in [-0.4, -0.2) is 24.0 Å². The van der Waals surface area contributed by atoms with Gasteiger partial charge in [-0.2, -0.15) is 0 Å². The molecule has 2 aromatic carbocycles. The van der Waals surface area contributed by atoms with Crippen LogP contribution in [0.3, 0.4) is 0 Å². The van der Waals surface area contributed by atoms with Crippen molar-refractivity contribution in [2.45, 2.75) is 13.0 Å². The fourth-order valence-corrected chi connectivity index (χ4v) is 2.30. The maximum Gasteiger partial charge on any atom is 0.338 e. The lowest BCUT2D eigenvalue weighted by Crippen LogP contribution is -2.30. The predicted octanol–water partition coefficient (Wildman–Crippen LogP) is 3.67. The molecule has 136 valence electrons. The van der Waals surface area contributed by atoms with E-state index in [1.165, 1.54) is 31.2 Å². The third-order valence-electron chi connectivity index (χ3n) is 3.25. The van der Waals surface area contributed by atoms with E-state index in [1.807, 2.05) is 0 Å². The summed E-state index contributed by atoms with van der Waals surface area (Å²) in [5.74, 6) is -1.26. The van der Waals surface area contributed by atoms with Crippen LogP contribution < -0.4 is 16.4 Å². The molecule has 1 unspecified atom stereocenters. The van der Waals surface area contributed by atoms with Crippen LogP contribution >= 0.6 is 23.2 Å². The van der Waals surface area contributed by atoms with Gasteiger partial charge in [0, 0.05) is 5.69 Å². The zero-order valence-corrected chi connectivity index (χ0v) is 15.1. The highest BCUT2D eigenvalue weighted by atomic mass is 35.5. The summed E-state index contributed by atoms with van der Waals surface area (Å²) in [7, 11) is 0. The minimum absolute atomic E-state index is 0.193. The van der Waals surface area contributed by atoms with Gasteiger partial charge in [0.05, 0.1) is 21.3 Å². The number of urea groups is 1. The SMILES string of the molecule is CC(OC(=O)c1ccc(NC(N)=O)cc1)C(=O)Nc1cccc(Cl)c1Cl. The molecule has 3 amide bonds. The molecule has 0 radical (unpaired) electrons. The standard InChI is InChI=1S/C17H15Cl2N3O4/c1-9(15(23)22-13-4-2-3-12(18)14(13)19)26-16(24)10-5-7-11(8-6-10)21-17(20)25/h2-9H,1H3,(H,22,23)(H3,20,21,25). The summed E-state index contributed by atoms with van der Waals surface area (Å²) in [6.07, 6.45) is -1.07. The molecule has 0 aliphatic heterocycles. The average molecular weight is 396 g/mol. The molecule has 1 atom stereocenters. The molecule has 0 aromatic heterocycles. The average Bonchev–Trinajstić information content (AvgIpc) is 2.59. The molecule has 0 spiro atoms. The number of halogens is 2. The molecule has 0 saturated heterocycles. The second kappa shape index (κ2) is 8.55. The molecule has 26 heavy (non-hydrogen) atoms. The minimum atomic E-state index is -1.07. The molecule has 7 nitrogen and oxygen atoms in total. The van der Waals surface area contributed by atoms with E-state index >= 15 is 0 Å². The number of esters is 1. The minimum Gasteiger partial charge on any atom is -0.449 e. The van der Waals surface area contributed by atoms with Crippen LogP contribution in [0, 0.1) is 0 Å². The number of primary amides is 1. The molecule has 4 N–H and O–H groups in total. The number of hydrogen-bond acceptors (Lipinski definition) is 4. The summed E-state index contributed by atoms with van der Waals surface area (Å²) in [5.41, 5.74) is 5.95. The number of carbonyl (C=O) groups is 3. The first-order valence-corrected chi connectivity index (χ1v) is 8.16. The fraction of sp³-hybridized carbons (Fsp3) is 0.118. The summed E-state index contributed by atoms with van der Waals surface area (Å²) in [4.78, 5) is 35.0. The highest BCUT2D eigenvalue weighted by Gasteiger charge is 2.20. The highest BCUT2D eigenvalue weighted by molar-refractivity contribution is 6.44. The number of anilines is 2. The van der Waals surface area contributed by atoms with Crippen molar-refractivity contribution in [2.24, 2.45) is 5.73 Å². The van der Waals surface area contributed by atoms with Gasteiger partial charge in [-0.3, -0.25) is 4.79 Å². The summed E-state index contributed by atoms with van der Waals surface area (Å²) in [6, 6.07) is 9.91. The molecule has 0 bridgehead atoms. The van der Waals surface area contributed by atoms with Crippen molar-refractivity contribution < 1.29 is 19.1 Å². The maximum atomic E-state index is 12.2. The Morgan fingerprint density at radius 3 is 2.31 bits per heavy atom. The van der Waals surface area contributed by atoms with E-state index in [0.717, 1.165) is 0 Å². The lowest BCUT2D eigenvalue weighted by atomic mass is 10.2. The van der Waals surface area contributed by atoms with Crippen molar-refractivity contribution in [3.8, 4) is 0 Å². The third-order valence-corrected chi connectivity index (χ3v) is 4.07. The summed E-state index contributed by atoms with van der Waals surface area (Å²) >= 11 is 11.9. The van der Waals surface area contributed by atoms with Crippen LogP contribution in [-0.2, 0) is 9.53 Å². The summed E-state index contributed by atoms with van der Waals surface area (Å²) in [5, 5.41) is 5.39. The lowest BCUT2D eigenvalue weighted by Gasteiger charge is -2.14. The lowest BCUT2D eigenvalue weighted by molar-refractivity contribution is -0.123. The molecule has 9 heteroatoms. The molecule has 2 rings (SSSR count). The van der Waals surface area contributed by atoms with Crippen molar-refractivity contribution in [1.29, 1.82) is 0 Å². The van der Waals surface area contributed by atoms with Crippen LogP contribution in [0.1, 0.15) is 17.3 Å². The molecule has 0 heterocycles. The number of benzene rings is 2. The molecule has 0 aliphatic rings. The zero-order chi connectivity index (χ0) is 19.3. The Hall–Kier alpha value is -2.77. The molecule has 0 aliphatic carbocycles. The van der Waals surface area contributed by atoms with Gasteiger partial charge in [-0.25, -0.2) is 9.59 Å². The third kappa shape index (κ3) is 5.11. The van der Waals surface area contributed by atoms with Crippen LogP contribution in [0.2, 0.25) is 10.0 Å². The van der Waals surface area contributed by atoms with Crippen molar-refractivity contribution in [3.05, 3.63) is 58.1 Å². The van der Waals surface area contributed by atoms with E-state index < -0.39 is 24.0 Å². The van der Waals surface area contributed by atoms with Gasteiger partial charge in [0.2, 0.25) is 0 Å². The molecular formula is C17H15Cl2N3O4. The van der Waals surface area contributed by atoms with Gasteiger partial charge >= 0.3 is 12.0 Å². The Balaban J connectivity index is 1.98. The van der Waals surface area contributed by atoms with Crippen molar-refractivity contribution in [3.63, 3.8) is 0 Å². The largest absolute Gasteiger partial charge is 0.449 e. The molecular weight excluding hydrogens is 381 g/mol. The topological polar surface area (TPSA) is 111 Å². The van der Waals surface area contributed by atoms with Crippen molar-refractivity contribution in [1.82, 2.24) is 0 Å². The number of nitrogens with two attached hydrogens (primary N) is 1. The Labute approximate surface area is 159 Å². The highest BCUT2D eigenvalue weighted by Crippen LogP contribution is 2.29. The van der Waals surface area contributed by atoms with E-state index in [1.54, 1.807) is 18.2 Å². The molecule has 2 aromatic rings. The van der Waals surface area contributed by atoms with E-state index in [2.05, 4.69) is 10.6 Å². The first kappa shape index (κ1) is 19.6. The monoisotopic (exact) mass is 395 g/mol. The van der Waals surface area contributed by atoms with E-state index in [0.29, 0.717) is 16.4 Å². The molecule has 0 fully saturated rings. The Morgan fingerprint density at radius 2 is 1.69 bits per heavy atom. The Morgan fingerprint density at radius 1 is 1.04 bits per heavy atom. The second-order valence-electron chi connectivity index (χ2n) is 5.20. The van der Waals surface area contributed by atoms with Gasteiger partial charge in [-0.1, -0.05) is 29.3 Å². The summed E-state index contributed by atoms with van der Waals surface area (Å²) < 4.78 is 5.12. The number of rotatable bonds is 5. The van der Waals surface area contributed by atoms with Gasteiger partial charge in [0.1, 0.15) is 0 Å². The van der Waals surface area contributed by atoms with Gasteiger partial charge < -0.3 is 21.1 Å². The number of carbonyl (C=O) groups excluding carboxylic acids is 3. The first-order chi connectivity index (χ1) is 12.3. The number of hydrogen-bond donors (Lipinski definition) is 3. The normalized spacial score (nSPS) is 11.3. The van der Waals surface area contributed by atoms with Gasteiger partial charge in [-0.15, -0.1) is 0 Å². The van der Waals surface area contributed by atoms with E-state index in [9.17, 15) is 14.4 Å². The Kier molecular flexibility index (Phi) is 6.43. The second-order valence-corrected chi connectivity index (χ2v) is 5.99. The Bertz CT molecular complexity index is 840. The number of amides is 3. The van der Waals surface area contributed by atoms with Gasteiger partial charge in [0.25, 0.3) is 5.91 Å².